The summed E-state index contributed by atoms with van der Waals surface area (Å²) in [5.41, 5.74) is 0. The number of hydrogen-bond donors (Lipinski definition) is 0. The highest BCUT2D eigenvalue weighted by molar-refractivity contribution is 6.18. The van der Waals surface area contributed by atoms with Gasteiger partial charge in [0.15, 0.2) is 0 Å². The van der Waals surface area contributed by atoms with E-state index in [1.54, 1.807) is 0 Å². The minimum absolute atomic E-state index is 0.0357. The van der Waals surface area contributed by atoms with Gasteiger partial charge in [-0.05, 0) is 6.42 Å². The molecule has 0 radical (unpaired) electrons. The minimum Gasteiger partial charge on any atom is -0.381 e. The predicted octanol–water partition coefficient (Wildman–Crippen LogP) is 0.489. The van der Waals surface area contributed by atoms with Crippen LogP contribution in [0.4, 0.5) is 0 Å². The summed E-state index contributed by atoms with van der Waals surface area (Å²) in [7, 11) is 0. The molecule has 2 saturated heterocycles. The van der Waals surface area contributed by atoms with E-state index in [2.05, 4.69) is 0 Å². The Morgan fingerprint density at radius 2 is 2.13 bits per heavy atom. The van der Waals surface area contributed by atoms with Crippen molar-refractivity contribution in [2.24, 2.45) is 5.92 Å². The van der Waals surface area contributed by atoms with E-state index in [-0.39, 0.29) is 17.9 Å². The van der Waals surface area contributed by atoms with E-state index in [0.717, 1.165) is 6.42 Å². The van der Waals surface area contributed by atoms with Crippen LogP contribution in [-0.4, -0.2) is 55.7 Å². The molecule has 2 aliphatic heterocycles. The van der Waals surface area contributed by atoms with Gasteiger partial charge in [-0.1, -0.05) is 0 Å². The number of hydrogen-bond acceptors (Lipinski definition) is 3. The third-order valence-electron chi connectivity index (χ3n) is 2.97. The molecule has 5 heteroatoms. The number of morpholine rings is 1. The Kier molecular flexibility index (Phi) is 3.83. The summed E-state index contributed by atoms with van der Waals surface area (Å²) in [4.78, 5) is 14.0. The smallest absolute Gasteiger partial charge is 0.228 e. The van der Waals surface area contributed by atoms with Crippen LogP contribution < -0.4 is 0 Å². The molecular formula is C10H16ClNO3. The van der Waals surface area contributed by atoms with E-state index >= 15 is 0 Å². The van der Waals surface area contributed by atoms with Crippen molar-refractivity contribution < 1.29 is 14.3 Å². The molecule has 0 spiro atoms. The SMILES string of the molecule is O=C(C1CCOC1)N1CCOCC1CCl. The van der Waals surface area contributed by atoms with Gasteiger partial charge in [0.25, 0.3) is 0 Å². The Bertz CT molecular complexity index is 231. The Hall–Kier alpha value is -0.320. The number of carbonyl (C=O) groups is 1. The predicted molar refractivity (Wildman–Crippen MR) is 56.0 cm³/mol. The van der Waals surface area contributed by atoms with E-state index < -0.39 is 0 Å². The molecule has 2 fully saturated rings. The third kappa shape index (κ3) is 2.44. The summed E-state index contributed by atoms with van der Waals surface area (Å²) in [6.45, 7) is 3.10. The lowest BCUT2D eigenvalue weighted by Gasteiger charge is -2.35. The molecule has 0 bridgehead atoms. The van der Waals surface area contributed by atoms with Gasteiger partial charge in [0.2, 0.25) is 5.91 Å². The van der Waals surface area contributed by atoms with Gasteiger partial charge in [0.1, 0.15) is 0 Å². The average molecular weight is 234 g/mol. The molecule has 86 valence electrons. The second kappa shape index (κ2) is 5.14. The third-order valence-corrected chi connectivity index (χ3v) is 3.32. The highest BCUT2D eigenvalue weighted by atomic mass is 35.5. The van der Waals surface area contributed by atoms with Gasteiger partial charge in [0.05, 0.1) is 31.8 Å². The van der Waals surface area contributed by atoms with Gasteiger partial charge in [-0.3, -0.25) is 4.79 Å². The largest absolute Gasteiger partial charge is 0.381 e. The van der Waals surface area contributed by atoms with Gasteiger partial charge in [-0.15, -0.1) is 11.6 Å². The van der Waals surface area contributed by atoms with Crippen LogP contribution >= 0.6 is 11.6 Å². The number of carbonyl (C=O) groups excluding carboxylic acids is 1. The normalized spacial score (nSPS) is 31.9. The van der Waals surface area contributed by atoms with Crippen molar-refractivity contribution in [2.75, 3.05) is 38.9 Å². The fraction of sp³-hybridized carbons (Fsp3) is 0.900. The summed E-state index contributed by atoms with van der Waals surface area (Å²) >= 11 is 5.82. The van der Waals surface area contributed by atoms with Crippen LogP contribution in [0, 0.1) is 5.92 Å². The lowest BCUT2D eigenvalue weighted by molar-refractivity contribution is -0.143. The molecule has 2 rings (SSSR count). The minimum atomic E-state index is 0.0357. The molecule has 0 aromatic heterocycles. The molecule has 1 amide bonds. The molecule has 4 nitrogen and oxygen atoms in total. The van der Waals surface area contributed by atoms with E-state index in [4.69, 9.17) is 21.1 Å². The molecule has 2 aliphatic rings. The number of alkyl halides is 1. The Balaban J connectivity index is 1.96. The fourth-order valence-corrected chi connectivity index (χ4v) is 2.29. The van der Waals surface area contributed by atoms with Gasteiger partial charge in [0, 0.05) is 19.0 Å². The molecule has 0 aromatic carbocycles. The summed E-state index contributed by atoms with van der Waals surface area (Å²) < 4.78 is 10.5. The second-order valence-corrected chi connectivity index (χ2v) is 4.28. The van der Waals surface area contributed by atoms with Crippen molar-refractivity contribution in [1.29, 1.82) is 0 Å². The summed E-state index contributed by atoms with van der Waals surface area (Å²) in [5.74, 6) is 0.662. The van der Waals surface area contributed by atoms with Crippen molar-refractivity contribution in [1.82, 2.24) is 4.90 Å². The zero-order chi connectivity index (χ0) is 10.7. The molecule has 0 N–H and O–H groups in total. The van der Waals surface area contributed by atoms with Crippen LogP contribution in [0.2, 0.25) is 0 Å². The fourth-order valence-electron chi connectivity index (χ4n) is 2.04. The highest BCUT2D eigenvalue weighted by Gasteiger charge is 2.33. The Morgan fingerprint density at radius 1 is 1.33 bits per heavy atom. The number of ether oxygens (including phenoxy) is 2. The van der Waals surface area contributed by atoms with Crippen molar-refractivity contribution >= 4 is 17.5 Å². The monoisotopic (exact) mass is 233 g/mol. The molecule has 2 heterocycles. The van der Waals surface area contributed by atoms with E-state index in [0.29, 0.717) is 38.9 Å². The van der Waals surface area contributed by atoms with Gasteiger partial charge < -0.3 is 14.4 Å². The molecule has 0 aromatic rings. The Morgan fingerprint density at radius 3 is 2.80 bits per heavy atom. The first-order valence-electron chi connectivity index (χ1n) is 5.35. The lowest BCUT2D eigenvalue weighted by atomic mass is 10.1. The van der Waals surface area contributed by atoms with E-state index in [9.17, 15) is 4.79 Å². The van der Waals surface area contributed by atoms with Crippen LogP contribution in [-0.2, 0) is 14.3 Å². The average Bonchev–Trinajstić information content (AvgIpc) is 2.81. The topological polar surface area (TPSA) is 38.8 Å². The number of amides is 1. The molecule has 2 unspecified atom stereocenters. The maximum atomic E-state index is 12.1. The lowest BCUT2D eigenvalue weighted by Crippen LogP contribution is -2.51. The molecule has 0 aliphatic carbocycles. The van der Waals surface area contributed by atoms with Crippen LogP contribution in [0.1, 0.15) is 6.42 Å². The maximum absolute atomic E-state index is 12.1. The zero-order valence-electron chi connectivity index (χ0n) is 8.65. The van der Waals surface area contributed by atoms with Crippen LogP contribution in [0.5, 0.6) is 0 Å². The maximum Gasteiger partial charge on any atom is 0.228 e. The van der Waals surface area contributed by atoms with Crippen LogP contribution in [0.3, 0.4) is 0 Å². The quantitative estimate of drug-likeness (QED) is 0.652. The first-order valence-corrected chi connectivity index (χ1v) is 5.88. The molecular weight excluding hydrogens is 218 g/mol. The zero-order valence-corrected chi connectivity index (χ0v) is 9.41. The second-order valence-electron chi connectivity index (χ2n) is 3.98. The van der Waals surface area contributed by atoms with Gasteiger partial charge in [-0.2, -0.15) is 0 Å². The first-order chi connectivity index (χ1) is 7.33. The first kappa shape index (κ1) is 11.2. The Labute approximate surface area is 94.5 Å². The van der Waals surface area contributed by atoms with Crippen molar-refractivity contribution in [3.05, 3.63) is 0 Å². The summed E-state index contributed by atoms with van der Waals surface area (Å²) in [6.07, 6.45) is 0.838. The summed E-state index contributed by atoms with van der Waals surface area (Å²) in [6, 6.07) is 0.0357. The summed E-state index contributed by atoms with van der Waals surface area (Å²) in [5, 5.41) is 0. The number of halogens is 1. The van der Waals surface area contributed by atoms with Crippen molar-refractivity contribution in [2.45, 2.75) is 12.5 Å². The standard InChI is InChI=1S/C10H16ClNO3/c11-5-9-7-15-4-2-12(9)10(13)8-1-3-14-6-8/h8-9H,1-7H2. The highest BCUT2D eigenvalue weighted by Crippen LogP contribution is 2.19. The number of rotatable bonds is 2. The van der Waals surface area contributed by atoms with Gasteiger partial charge in [-0.25, -0.2) is 0 Å². The molecule has 2 atom stereocenters. The number of nitrogens with zero attached hydrogens (tertiary/aromatic N) is 1. The van der Waals surface area contributed by atoms with Crippen LogP contribution in [0.25, 0.3) is 0 Å². The molecule has 0 saturated carbocycles. The van der Waals surface area contributed by atoms with Gasteiger partial charge >= 0.3 is 0 Å². The van der Waals surface area contributed by atoms with E-state index in [1.165, 1.54) is 0 Å². The van der Waals surface area contributed by atoms with Crippen molar-refractivity contribution in [3.63, 3.8) is 0 Å². The van der Waals surface area contributed by atoms with Crippen LogP contribution in [0.15, 0.2) is 0 Å². The van der Waals surface area contributed by atoms with E-state index in [1.807, 2.05) is 4.90 Å². The van der Waals surface area contributed by atoms with Crippen molar-refractivity contribution in [3.8, 4) is 0 Å². The molecule has 15 heavy (non-hydrogen) atoms.